The monoisotopic (exact) mass is 227 g/mol. The summed E-state index contributed by atoms with van der Waals surface area (Å²) in [5, 5.41) is 8.72. The van der Waals surface area contributed by atoms with Gasteiger partial charge in [0.25, 0.3) is 0 Å². The van der Waals surface area contributed by atoms with E-state index >= 15 is 0 Å². The molecule has 15 heavy (non-hydrogen) atoms. The lowest BCUT2D eigenvalue weighted by Crippen LogP contribution is -1.97. The molecule has 0 aromatic heterocycles. The highest BCUT2D eigenvalue weighted by Crippen LogP contribution is 2.26. The predicted octanol–water partition coefficient (Wildman–Crippen LogP) is 2.14. The summed E-state index contributed by atoms with van der Waals surface area (Å²) in [6, 6.07) is 5.66. The van der Waals surface area contributed by atoms with E-state index in [4.69, 9.17) is 15.6 Å². The third-order valence-electron chi connectivity index (χ3n) is 1.74. The average Bonchev–Trinajstić information content (AvgIpc) is 2.23. The Morgan fingerprint density at radius 1 is 1.40 bits per heavy atom. The summed E-state index contributed by atoms with van der Waals surface area (Å²) in [6.45, 7) is 2.94. The minimum Gasteiger partial charge on any atom is -0.493 e. The molecule has 3 nitrogen and oxygen atoms in total. The molecule has 0 bridgehead atoms. The van der Waals surface area contributed by atoms with Crippen LogP contribution in [-0.4, -0.2) is 24.1 Å². The Hall–Kier alpha value is -0.870. The van der Waals surface area contributed by atoms with E-state index in [1.165, 1.54) is 0 Å². The van der Waals surface area contributed by atoms with Crippen LogP contribution in [0.25, 0.3) is 0 Å². The van der Waals surface area contributed by atoms with Gasteiger partial charge in [0.05, 0.1) is 13.2 Å². The summed E-state index contributed by atoms with van der Waals surface area (Å²) in [4.78, 5) is 1.04. The number of nitrogens with two attached hydrogens (primary N) is 1. The molecular formula is C11H17NO2S. The Morgan fingerprint density at radius 3 is 2.87 bits per heavy atom. The molecule has 0 aliphatic carbocycles. The van der Waals surface area contributed by atoms with Crippen LogP contribution in [0.5, 0.6) is 5.75 Å². The Bertz CT molecular complexity index is 278. The van der Waals surface area contributed by atoms with Crippen molar-refractivity contribution < 1.29 is 9.84 Å². The molecule has 1 aromatic rings. The third kappa shape index (κ3) is 4.44. The number of hydrogen-bond donors (Lipinski definition) is 2. The Labute approximate surface area is 94.6 Å². The number of rotatable bonds is 6. The SMILES string of the molecule is CCCOc1cc(N)cc(SCCO)c1. The maximum Gasteiger partial charge on any atom is 0.122 e. The van der Waals surface area contributed by atoms with Crippen molar-refractivity contribution in [2.24, 2.45) is 0 Å². The van der Waals surface area contributed by atoms with Gasteiger partial charge in [0, 0.05) is 22.4 Å². The number of thioether (sulfide) groups is 1. The van der Waals surface area contributed by atoms with Gasteiger partial charge in [-0.2, -0.15) is 0 Å². The molecule has 1 rings (SSSR count). The van der Waals surface area contributed by atoms with E-state index in [-0.39, 0.29) is 6.61 Å². The molecule has 0 aliphatic rings. The Balaban J connectivity index is 2.66. The highest BCUT2D eigenvalue weighted by molar-refractivity contribution is 7.99. The van der Waals surface area contributed by atoms with Gasteiger partial charge in [0.1, 0.15) is 5.75 Å². The Kier molecular flexibility index (Phi) is 5.36. The van der Waals surface area contributed by atoms with Gasteiger partial charge in [-0.25, -0.2) is 0 Å². The van der Waals surface area contributed by atoms with Gasteiger partial charge in [-0.15, -0.1) is 11.8 Å². The molecule has 0 saturated carbocycles. The van der Waals surface area contributed by atoms with Gasteiger partial charge in [-0.3, -0.25) is 0 Å². The quantitative estimate of drug-likeness (QED) is 0.577. The normalized spacial score (nSPS) is 10.3. The van der Waals surface area contributed by atoms with Gasteiger partial charge in [-0.05, 0) is 18.6 Å². The summed E-state index contributed by atoms with van der Waals surface area (Å²) in [6.07, 6.45) is 0.980. The smallest absolute Gasteiger partial charge is 0.122 e. The van der Waals surface area contributed by atoms with E-state index in [0.29, 0.717) is 18.0 Å². The number of nitrogen functional groups attached to an aromatic ring is 1. The zero-order valence-corrected chi connectivity index (χ0v) is 9.72. The van der Waals surface area contributed by atoms with Crippen LogP contribution < -0.4 is 10.5 Å². The summed E-state index contributed by atoms with van der Waals surface area (Å²) in [5.41, 5.74) is 6.45. The van der Waals surface area contributed by atoms with Crippen LogP contribution in [0.3, 0.4) is 0 Å². The number of benzene rings is 1. The fraction of sp³-hybridized carbons (Fsp3) is 0.455. The van der Waals surface area contributed by atoms with E-state index in [1.54, 1.807) is 11.8 Å². The molecule has 0 fully saturated rings. The lowest BCUT2D eigenvalue weighted by atomic mass is 10.3. The van der Waals surface area contributed by atoms with E-state index in [0.717, 1.165) is 17.1 Å². The predicted molar refractivity (Wildman–Crippen MR) is 64.5 cm³/mol. The topological polar surface area (TPSA) is 55.5 Å². The minimum absolute atomic E-state index is 0.171. The van der Waals surface area contributed by atoms with Crippen molar-refractivity contribution in [2.45, 2.75) is 18.2 Å². The molecule has 0 aliphatic heterocycles. The second-order valence-corrected chi connectivity index (χ2v) is 4.33. The maximum atomic E-state index is 8.72. The molecule has 0 spiro atoms. The molecule has 0 unspecified atom stereocenters. The molecule has 3 N–H and O–H groups in total. The second-order valence-electron chi connectivity index (χ2n) is 3.16. The van der Waals surface area contributed by atoms with Gasteiger partial charge in [-0.1, -0.05) is 6.92 Å². The first-order chi connectivity index (χ1) is 7.26. The second kappa shape index (κ2) is 6.58. The average molecular weight is 227 g/mol. The van der Waals surface area contributed by atoms with Crippen LogP contribution in [-0.2, 0) is 0 Å². The van der Waals surface area contributed by atoms with Crippen molar-refractivity contribution >= 4 is 17.4 Å². The highest BCUT2D eigenvalue weighted by Gasteiger charge is 2.00. The lowest BCUT2D eigenvalue weighted by Gasteiger charge is -2.08. The summed E-state index contributed by atoms with van der Waals surface area (Å²) < 4.78 is 5.50. The number of hydrogen-bond acceptors (Lipinski definition) is 4. The van der Waals surface area contributed by atoms with Crippen molar-refractivity contribution in [1.82, 2.24) is 0 Å². The van der Waals surface area contributed by atoms with E-state index < -0.39 is 0 Å². The summed E-state index contributed by atoms with van der Waals surface area (Å²) in [5.74, 6) is 1.48. The molecule has 84 valence electrons. The zero-order chi connectivity index (χ0) is 11.1. The van der Waals surface area contributed by atoms with Gasteiger partial charge >= 0.3 is 0 Å². The highest BCUT2D eigenvalue weighted by atomic mass is 32.2. The van der Waals surface area contributed by atoms with Crippen molar-refractivity contribution in [2.75, 3.05) is 24.7 Å². The van der Waals surface area contributed by atoms with Crippen LogP contribution in [0.15, 0.2) is 23.1 Å². The molecule has 0 amide bonds. The first-order valence-corrected chi connectivity index (χ1v) is 6.02. The maximum absolute atomic E-state index is 8.72. The first kappa shape index (κ1) is 12.2. The van der Waals surface area contributed by atoms with Crippen molar-refractivity contribution in [3.05, 3.63) is 18.2 Å². The van der Waals surface area contributed by atoms with Crippen molar-refractivity contribution in [1.29, 1.82) is 0 Å². The summed E-state index contributed by atoms with van der Waals surface area (Å²) in [7, 11) is 0. The van der Waals surface area contributed by atoms with Crippen LogP contribution in [0, 0.1) is 0 Å². The van der Waals surface area contributed by atoms with E-state index in [9.17, 15) is 0 Å². The molecule has 1 aromatic carbocycles. The number of ether oxygens (including phenoxy) is 1. The molecule has 0 atom stereocenters. The fourth-order valence-corrected chi connectivity index (χ4v) is 1.89. The standard InChI is InChI=1S/C11H17NO2S/c1-2-4-14-10-6-9(12)7-11(8-10)15-5-3-13/h6-8,13H,2-5,12H2,1H3. The third-order valence-corrected chi connectivity index (χ3v) is 2.69. The molecule has 4 heteroatoms. The van der Waals surface area contributed by atoms with Crippen LogP contribution in [0.2, 0.25) is 0 Å². The van der Waals surface area contributed by atoms with Crippen molar-refractivity contribution in [3.63, 3.8) is 0 Å². The number of anilines is 1. The lowest BCUT2D eigenvalue weighted by molar-refractivity contribution is 0.316. The number of aliphatic hydroxyl groups excluding tert-OH is 1. The largest absolute Gasteiger partial charge is 0.493 e. The van der Waals surface area contributed by atoms with Gasteiger partial charge < -0.3 is 15.6 Å². The van der Waals surface area contributed by atoms with Crippen LogP contribution in [0.4, 0.5) is 5.69 Å². The van der Waals surface area contributed by atoms with Crippen molar-refractivity contribution in [3.8, 4) is 5.75 Å². The molecular weight excluding hydrogens is 210 g/mol. The molecule has 0 radical (unpaired) electrons. The van der Waals surface area contributed by atoms with Crippen LogP contribution >= 0.6 is 11.8 Å². The van der Waals surface area contributed by atoms with Gasteiger partial charge in [0.15, 0.2) is 0 Å². The first-order valence-electron chi connectivity index (χ1n) is 5.03. The fourth-order valence-electron chi connectivity index (χ4n) is 1.14. The van der Waals surface area contributed by atoms with E-state index in [1.807, 2.05) is 18.2 Å². The molecule has 0 heterocycles. The number of aliphatic hydroxyl groups is 1. The summed E-state index contributed by atoms with van der Waals surface area (Å²) >= 11 is 1.57. The molecule has 0 saturated heterocycles. The van der Waals surface area contributed by atoms with Gasteiger partial charge in [0.2, 0.25) is 0 Å². The minimum atomic E-state index is 0.171. The zero-order valence-electron chi connectivity index (χ0n) is 8.90. The van der Waals surface area contributed by atoms with E-state index in [2.05, 4.69) is 6.92 Å². The Morgan fingerprint density at radius 2 is 2.20 bits per heavy atom. The van der Waals surface area contributed by atoms with Crippen LogP contribution in [0.1, 0.15) is 13.3 Å².